The van der Waals surface area contributed by atoms with Crippen molar-refractivity contribution >= 4 is 23.7 Å². The van der Waals surface area contributed by atoms with Crippen LogP contribution in [0.25, 0.3) is 0 Å². The number of imidazole rings is 1. The van der Waals surface area contributed by atoms with Crippen LogP contribution in [0, 0.1) is 5.92 Å². The molecule has 0 bridgehead atoms. The third-order valence-electron chi connectivity index (χ3n) is 4.99. The van der Waals surface area contributed by atoms with Gasteiger partial charge in [0, 0.05) is 18.3 Å². The number of aromatic nitrogens is 2. The third-order valence-corrected chi connectivity index (χ3v) is 4.99. The molecule has 0 aliphatic carbocycles. The smallest absolute Gasteiger partial charge is 0.326 e. The van der Waals surface area contributed by atoms with Crippen LogP contribution in [0.15, 0.2) is 12.5 Å². The number of carboxylic acids is 1. The highest BCUT2D eigenvalue weighted by atomic mass is 16.4. The summed E-state index contributed by atoms with van der Waals surface area (Å²) in [6.07, 6.45) is 2.10. The van der Waals surface area contributed by atoms with Crippen molar-refractivity contribution in [2.75, 3.05) is 6.61 Å². The van der Waals surface area contributed by atoms with Gasteiger partial charge in [0.05, 0.1) is 25.1 Å². The minimum absolute atomic E-state index is 0.108. The molecule has 0 aliphatic heterocycles. The molecule has 0 aliphatic rings. The summed E-state index contributed by atoms with van der Waals surface area (Å²) in [6.45, 7) is 3.83. The highest BCUT2D eigenvalue weighted by molar-refractivity contribution is 5.94. The van der Waals surface area contributed by atoms with Crippen LogP contribution in [-0.2, 0) is 25.6 Å². The van der Waals surface area contributed by atoms with Crippen molar-refractivity contribution in [3.63, 3.8) is 0 Å². The molecule has 13 heteroatoms. The van der Waals surface area contributed by atoms with Crippen LogP contribution in [0.5, 0.6) is 0 Å². The van der Waals surface area contributed by atoms with Crippen LogP contribution < -0.4 is 21.7 Å². The van der Waals surface area contributed by atoms with E-state index in [1.165, 1.54) is 19.4 Å². The van der Waals surface area contributed by atoms with Gasteiger partial charge in [0.15, 0.2) is 0 Å². The standard InChI is InChI=1S/C19H32N6O7/c1-4-9(2)14(19(31)32)24-18(30)15(10(3)27)25-17(29)13(7-26)23-16(28)12(20)5-11-6-21-8-22-11/h6,8-10,12-15,26-27H,4-5,7,20H2,1-3H3,(H,21,22)(H,23,28)(H,24,30)(H,25,29)(H,31,32). The first-order valence-electron chi connectivity index (χ1n) is 10.2. The first-order chi connectivity index (χ1) is 15.0. The van der Waals surface area contributed by atoms with Crippen molar-refractivity contribution in [3.8, 4) is 0 Å². The van der Waals surface area contributed by atoms with E-state index in [2.05, 4.69) is 25.9 Å². The first kappa shape index (κ1) is 27.0. The fourth-order valence-corrected chi connectivity index (χ4v) is 2.78. The topological polar surface area (TPSA) is 220 Å². The molecule has 32 heavy (non-hydrogen) atoms. The summed E-state index contributed by atoms with van der Waals surface area (Å²) >= 11 is 0. The molecule has 0 fully saturated rings. The Morgan fingerprint density at radius 2 is 1.72 bits per heavy atom. The number of carbonyl (C=O) groups is 4. The quantitative estimate of drug-likeness (QED) is 0.154. The van der Waals surface area contributed by atoms with Crippen LogP contribution in [0.4, 0.5) is 0 Å². The second kappa shape index (κ2) is 12.7. The third kappa shape index (κ3) is 7.90. The van der Waals surface area contributed by atoms with E-state index in [0.717, 1.165) is 0 Å². The van der Waals surface area contributed by atoms with E-state index in [0.29, 0.717) is 12.1 Å². The zero-order valence-corrected chi connectivity index (χ0v) is 18.2. The number of hydrogen-bond donors (Lipinski definition) is 8. The van der Waals surface area contributed by atoms with E-state index < -0.39 is 66.5 Å². The minimum atomic E-state index is -1.52. The number of nitrogens with one attached hydrogen (secondary N) is 4. The number of nitrogens with zero attached hydrogens (tertiary/aromatic N) is 1. The maximum atomic E-state index is 12.5. The van der Waals surface area contributed by atoms with Crippen molar-refractivity contribution in [2.24, 2.45) is 11.7 Å². The number of aliphatic hydroxyl groups is 2. The second-order valence-electron chi connectivity index (χ2n) is 7.57. The van der Waals surface area contributed by atoms with Crippen LogP contribution in [0.2, 0.25) is 0 Å². The van der Waals surface area contributed by atoms with Gasteiger partial charge >= 0.3 is 5.97 Å². The Kier molecular flexibility index (Phi) is 10.7. The van der Waals surface area contributed by atoms with Gasteiger partial charge in [-0.15, -0.1) is 0 Å². The lowest BCUT2D eigenvalue weighted by Gasteiger charge is -2.27. The Bertz CT molecular complexity index is 770. The van der Waals surface area contributed by atoms with Crippen molar-refractivity contribution in [1.29, 1.82) is 0 Å². The van der Waals surface area contributed by atoms with Gasteiger partial charge in [-0.25, -0.2) is 9.78 Å². The van der Waals surface area contributed by atoms with E-state index in [9.17, 15) is 34.5 Å². The maximum absolute atomic E-state index is 12.5. The first-order valence-corrected chi connectivity index (χ1v) is 10.2. The van der Waals surface area contributed by atoms with Gasteiger partial charge in [0.25, 0.3) is 0 Å². The van der Waals surface area contributed by atoms with E-state index in [4.69, 9.17) is 5.73 Å². The van der Waals surface area contributed by atoms with Crippen molar-refractivity contribution < 1.29 is 34.5 Å². The molecule has 0 aromatic carbocycles. The number of aromatic amines is 1. The number of nitrogens with two attached hydrogens (primary N) is 1. The summed E-state index contributed by atoms with van der Waals surface area (Å²) in [5.41, 5.74) is 6.40. The average Bonchev–Trinajstić information content (AvgIpc) is 3.25. The molecule has 9 N–H and O–H groups in total. The molecular formula is C19H32N6O7. The molecule has 0 radical (unpaired) electrons. The van der Waals surface area contributed by atoms with Crippen molar-refractivity contribution in [1.82, 2.24) is 25.9 Å². The Labute approximate surface area is 185 Å². The fourth-order valence-electron chi connectivity index (χ4n) is 2.78. The molecule has 0 saturated heterocycles. The zero-order chi connectivity index (χ0) is 24.4. The molecule has 1 aromatic heterocycles. The second-order valence-corrected chi connectivity index (χ2v) is 7.57. The summed E-state index contributed by atoms with van der Waals surface area (Å²) in [6, 6.07) is -5.23. The van der Waals surface area contributed by atoms with Crippen LogP contribution in [-0.4, -0.2) is 85.9 Å². The lowest BCUT2D eigenvalue weighted by atomic mass is 9.98. The summed E-state index contributed by atoms with van der Waals surface area (Å²) in [4.78, 5) is 55.4. The number of amides is 3. The zero-order valence-electron chi connectivity index (χ0n) is 18.2. The summed E-state index contributed by atoms with van der Waals surface area (Å²) in [5, 5.41) is 35.6. The predicted molar refractivity (Wildman–Crippen MR) is 112 cm³/mol. The number of H-pyrrole nitrogens is 1. The SMILES string of the molecule is CCC(C)C(NC(=O)C(NC(=O)C(CO)NC(=O)C(N)Cc1cnc[nH]1)C(C)O)C(=O)O. The van der Waals surface area contributed by atoms with E-state index in [-0.39, 0.29) is 6.42 Å². The Balaban J connectivity index is 2.80. The molecule has 1 heterocycles. The van der Waals surface area contributed by atoms with Gasteiger partial charge in [0.2, 0.25) is 17.7 Å². The molecule has 180 valence electrons. The lowest BCUT2D eigenvalue weighted by molar-refractivity contribution is -0.144. The van der Waals surface area contributed by atoms with E-state index in [1.54, 1.807) is 13.8 Å². The number of carbonyl (C=O) groups excluding carboxylic acids is 3. The van der Waals surface area contributed by atoms with Gasteiger partial charge in [0.1, 0.15) is 18.1 Å². The Morgan fingerprint density at radius 1 is 1.09 bits per heavy atom. The minimum Gasteiger partial charge on any atom is -0.480 e. The molecule has 3 amide bonds. The maximum Gasteiger partial charge on any atom is 0.326 e. The Hall–Kier alpha value is -3.03. The normalized spacial score (nSPS) is 16.7. The summed E-state index contributed by atoms with van der Waals surface area (Å²) in [7, 11) is 0. The van der Waals surface area contributed by atoms with Gasteiger partial charge in [-0.05, 0) is 12.8 Å². The van der Waals surface area contributed by atoms with Crippen LogP contribution in [0.3, 0.4) is 0 Å². The highest BCUT2D eigenvalue weighted by Crippen LogP contribution is 2.09. The van der Waals surface area contributed by atoms with Gasteiger partial charge in [-0.2, -0.15) is 0 Å². The molecule has 0 spiro atoms. The van der Waals surface area contributed by atoms with Crippen molar-refractivity contribution in [3.05, 3.63) is 18.2 Å². The number of aliphatic carboxylic acids is 1. The lowest BCUT2D eigenvalue weighted by Crippen LogP contribution is -2.61. The molecule has 6 atom stereocenters. The highest BCUT2D eigenvalue weighted by Gasteiger charge is 2.33. The largest absolute Gasteiger partial charge is 0.480 e. The van der Waals surface area contributed by atoms with Gasteiger partial charge in [-0.3, -0.25) is 14.4 Å². The number of hydrogen-bond acceptors (Lipinski definition) is 8. The van der Waals surface area contributed by atoms with E-state index >= 15 is 0 Å². The molecular weight excluding hydrogens is 424 g/mol. The predicted octanol–water partition coefficient (Wildman–Crippen LogP) is -2.76. The van der Waals surface area contributed by atoms with Crippen LogP contribution >= 0.6 is 0 Å². The summed E-state index contributed by atoms with van der Waals surface area (Å²) in [5.74, 6) is -4.25. The molecule has 6 unspecified atom stereocenters. The number of carboxylic acid groups (broad SMARTS) is 1. The van der Waals surface area contributed by atoms with Gasteiger partial charge < -0.3 is 42.0 Å². The Morgan fingerprint density at radius 3 is 2.19 bits per heavy atom. The van der Waals surface area contributed by atoms with Crippen molar-refractivity contribution in [2.45, 2.75) is 63.9 Å². The molecule has 1 aromatic rings. The molecule has 13 nitrogen and oxygen atoms in total. The monoisotopic (exact) mass is 456 g/mol. The van der Waals surface area contributed by atoms with Gasteiger partial charge in [-0.1, -0.05) is 20.3 Å². The average molecular weight is 457 g/mol. The molecule has 1 rings (SSSR count). The van der Waals surface area contributed by atoms with Crippen LogP contribution in [0.1, 0.15) is 32.9 Å². The fraction of sp³-hybridized carbons (Fsp3) is 0.632. The number of rotatable bonds is 13. The summed E-state index contributed by atoms with van der Waals surface area (Å²) < 4.78 is 0. The molecule has 0 saturated carbocycles. The van der Waals surface area contributed by atoms with E-state index in [1.807, 2.05) is 0 Å². The number of aliphatic hydroxyl groups excluding tert-OH is 2.